The molecule has 11 heteroatoms. The molecule has 0 saturated heterocycles. The van der Waals surface area contributed by atoms with E-state index in [1.54, 1.807) is 0 Å². The number of carboxylic acid groups (broad SMARTS) is 3. The summed E-state index contributed by atoms with van der Waals surface area (Å²) in [6, 6.07) is 26.0. The highest BCUT2D eigenvalue weighted by Crippen LogP contribution is 2.37. The van der Waals surface area contributed by atoms with Crippen molar-refractivity contribution in [2.45, 2.75) is 32.3 Å². The molecule has 0 spiro atoms. The van der Waals surface area contributed by atoms with Crippen molar-refractivity contribution in [3.63, 3.8) is 0 Å². The molecule has 0 atom stereocenters. The Balaban J connectivity index is 0.000000420. The van der Waals surface area contributed by atoms with Crippen LogP contribution in [0.3, 0.4) is 0 Å². The van der Waals surface area contributed by atoms with Crippen LogP contribution in [0.15, 0.2) is 78.9 Å². The highest BCUT2D eigenvalue weighted by molar-refractivity contribution is 6.53. The summed E-state index contributed by atoms with van der Waals surface area (Å²) in [5.41, 5.74) is 1.17. The molecule has 0 bridgehead atoms. The number of likely N-dealkylation sites (N-methyl/N-ethyl adjacent to an activating group) is 1. The summed E-state index contributed by atoms with van der Waals surface area (Å²) >= 11 is 13.5. The summed E-state index contributed by atoms with van der Waals surface area (Å²) in [6.45, 7) is 7.80. The van der Waals surface area contributed by atoms with Gasteiger partial charge in [-0.15, -0.1) is 0 Å². The van der Waals surface area contributed by atoms with Gasteiger partial charge in [0.25, 0.3) is 0 Å². The van der Waals surface area contributed by atoms with Crippen LogP contribution in [0.25, 0.3) is 10.6 Å². The number of rotatable bonds is 14. The fraction of sp³-hybridized carbons (Fsp3) is 0.281. The zero-order valence-corrected chi connectivity index (χ0v) is 25.4. The summed E-state index contributed by atoms with van der Waals surface area (Å²) in [5, 5.41) is 35.1. The first-order chi connectivity index (χ1) is 20.4. The zero-order valence-electron chi connectivity index (χ0n) is 23.9. The molecule has 9 nitrogen and oxygen atoms in total. The van der Waals surface area contributed by atoms with E-state index in [-0.39, 0.29) is 0 Å². The van der Waals surface area contributed by atoms with Crippen LogP contribution in [0.4, 0.5) is 0 Å². The maximum Gasteiger partial charge on any atom is 0.336 e. The highest BCUT2D eigenvalue weighted by Gasteiger charge is 2.40. The van der Waals surface area contributed by atoms with E-state index in [4.69, 9.17) is 48.4 Å². The second-order valence-corrected chi connectivity index (χ2v) is 10.2. The molecule has 0 amide bonds. The highest BCUT2D eigenvalue weighted by atomic mass is 35.5. The summed E-state index contributed by atoms with van der Waals surface area (Å²) < 4.78 is 5.93. The van der Waals surface area contributed by atoms with Gasteiger partial charge in [-0.1, -0.05) is 104 Å². The summed E-state index contributed by atoms with van der Waals surface area (Å²) in [5.74, 6) is -4.33. The van der Waals surface area contributed by atoms with Crippen LogP contribution in [0, 0.1) is 0 Å². The van der Waals surface area contributed by atoms with Crippen molar-refractivity contribution in [2.75, 3.05) is 26.2 Å². The second kappa shape index (κ2) is 17.3. The standard InChI is InChI=1S/C26H27Cl2NO.C6H8O7/c1-3-29(4-2)17-18-30-24-16-15-22(19-23(24)27)25(20-11-7-5-8-12-20)26(28)21-13-9-6-10-14-21;7-3(8)1-6(13,5(11)12)2-4(9)10/h5-16,19H,3-4,17-18H2,1-2H3;13H,1-2H2,(H,7,8)(H,9,10)(H,11,12)/b26-25-;. The van der Waals surface area contributed by atoms with Crippen LogP contribution < -0.4 is 4.74 Å². The summed E-state index contributed by atoms with van der Waals surface area (Å²) in [6.07, 6.45) is -2.29. The van der Waals surface area contributed by atoms with Gasteiger partial charge in [0.15, 0.2) is 5.60 Å². The van der Waals surface area contributed by atoms with Crippen LogP contribution in [0.2, 0.25) is 5.02 Å². The largest absolute Gasteiger partial charge is 0.491 e. The topological polar surface area (TPSA) is 145 Å². The molecule has 0 aliphatic heterocycles. The lowest BCUT2D eigenvalue weighted by atomic mass is 9.95. The zero-order chi connectivity index (χ0) is 32.0. The molecule has 0 radical (unpaired) electrons. The second-order valence-electron chi connectivity index (χ2n) is 9.42. The van der Waals surface area contributed by atoms with Crippen molar-refractivity contribution in [1.82, 2.24) is 4.90 Å². The van der Waals surface area contributed by atoms with E-state index in [2.05, 4.69) is 30.9 Å². The average Bonchev–Trinajstić information content (AvgIpc) is 2.97. The number of benzene rings is 3. The van der Waals surface area contributed by atoms with Gasteiger partial charge < -0.3 is 30.1 Å². The van der Waals surface area contributed by atoms with Gasteiger partial charge in [-0.3, -0.25) is 9.59 Å². The molecule has 0 aromatic heterocycles. The predicted octanol–water partition coefficient (Wildman–Crippen LogP) is 5.97. The lowest BCUT2D eigenvalue weighted by molar-refractivity contribution is -0.170. The first kappa shape index (κ1) is 35.3. The first-order valence-electron chi connectivity index (χ1n) is 13.5. The molecular formula is C32H35Cl2NO8. The number of aliphatic hydroxyl groups is 1. The molecule has 43 heavy (non-hydrogen) atoms. The van der Waals surface area contributed by atoms with Gasteiger partial charge in [-0.2, -0.15) is 0 Å². The van der Waals surface area contributed by atoms with Gasteiger partial charge in [-0.25, -0.2) is 4.79 Å². The van der Waals surface area contributed by atoms with Crippen molar-refractivity contribution >= 4 is 51.7 Å². The van der Waals surface area contributed by atoms with E-state index < -0.39 is 36.4 Å². The molecule has 0 saturated carbocycles. The van der Waals surface area contributed by atoms with Gasteiger partial charge in [0.2, 0.25) is 0 Å². The maximum absolute atomic E-state index is 10.3. The van der Waals surface area contributed by atoms with Crippen molar-refractivity contribution < 1.29 is 39.5 Å². The number of hydrogen-bond donors (Lipinski definition) is 4. The smallest absolute Gasteiger partial charge is 0.336 e. The third kappa shape index (κ3) is 11.0. The third-order valence-electron chi connectivity index (χ3n) is 6.37. The normalized spacial score (nSPS) is 11.7. The minimum atomic E-state index is -2.74. The number of nitrogens with zero attached hydrogens (tertiary/aromatic N) is 1. The molecule has 3 aromatic rings. The molecule has 3 aromatic carbocycles. The van der Waals surface area contributed by atoms with E-state index in [0.717, 1.165) is 41.9 Å². The van der Waals surface area contributed by atoms with E-state index in [9.17, 15) is 14.4 Å². The quantitative estimate of drug-likeness (QED) is 0.158. The van der Waals surface area contributed by atoms with Crippen molar-refractivity contribution in [3.05, 3.63) is 101 Å². The predicted molar refractivity (Wildman–Crippen MR) is 166 cm³/mol. The molecule has 4 N–H and O–H groups in total. The van der Waals surface area contributed by atoms with E-state index in [0.29, 0.717) is 22.4 Å². The minimum Gasteiger partial charge on any atom is -0.491 e. The molecule has 0 aliphatic carbocycles. The van der Waals surface area contributed by atoms with Crippen LogP contribution in [0.1, 0.15) is 43.4 Å². The number of carboxylic acids is 3. The fourth-order valence-electron chi connectivity index (χ4n) is 4.07. The van der Waals surface area contributed by atoms with Gasteiger partial charge in [0.05, 0.1) is 22.9 Å². The van der Waals surface area contributed by atoms with Gasteiger partial charge >= 0.3 is 17.9 Å². The van der Waals surface area contributed by atoms with E-state index in [1.807, 2.05) is 66.7 Å². The van der Waals surface area contributed by atoms with Crippen molar-refractivity contribution in [1.29, 1.82) is 0 Å². The van der Waals surface area contributed by atoms with Crippen LogP contribution in [-0.4, -0.2) is 75.1 Å². The number of hydrogen-bond acceptors (Lipinski definition) is 6. The molecule has 3 rings (SSSR count). The number of ether oxygens (including phenoxy) is 1. The maximum atomic E-state index is 10.3. The van der Waals surface area contributed by atoms with E-state index >= 15 is 0 Å². The lowest BCUT2D eigenvalue weighted by Crippen LogP contribution is -2.42. The molecule has 0 aliphatic rings. The third-order valence-corrected chi connectivity index (χ3v) is 7.08. The molecule has 230 valence electrons. The fourth-order valence-corrected chi connectivity index (χ4v) is 4.65. The monoisotopic (exact) mass is 631 g/mol. The molecule has 0 unspecified atom stereocenters. The van der Waals surface area contributed by atoms with Crippen molar-refractivity contribution in [3.8, 4) is 5.75 Å². The van der Waals surface area contributed by atoms with E-state index in [1.165, 1.54) is 0 Å². The molecule has 0 fully saturated rings. The number of carbonyl (C=O) groups is 3. The SMILES string of the molecule is CCN(CC)CCOc1ccc(/C(=C(\Cl)c2ccccc2)c2ccccc2)cc1Cl.O=C(O)CC(O)(CC(=O)O)C(=O)O. The van der Waals surface area contributed by atoms with Gasteiger partial charge in [0, 0.05) is 12.1 Å². The Bertz CT molecular complexity index is 1380. The molecule has 0 heterocycles. The van der Waals surface area contributed by atoms with Crippen LogP contribution in [0.5, 0.6) is 5.75 Å². The van der Waals surface area contributed by atoms with Crippen LogP contribution in [-0.2, 0) is 14.4 Å². The Kier molecular flexibility index (Phi) is 14.2. The van der Waals surface area contributed by atoms with Gasteiger partial charge in [-0.05, 0) is 41.9 Å². The summed E-state index contributed by atoms with van der Waals surface area (Å²) in [4.78, 5) is 32.8. The Morgan fingerprint density at radius 2 is 1.30 bits per heavy atom. The van der Waals surface area contributed by atoms with Crippen LogP contribution >= 0.6 is 23.2 Å². The Morgan fingerprint density at radius 1 is 0.791 bits per heavy atom. The molecular weight excluding hydrogens is 597 g/mol. The number of aliphatic carboxylic acids is 3. The Hall–Kier alpha value is -3.89. The average molecular weight is 633 g/mol. The van der Waals surface area contributed by atoms with Gasteiger partial charge in [0.1, 0.15) is 12.4 Å². The Labute approximate surface area is 260 Å². The number of halogens is 2. The first-order valence-corrected chi connectivity index (χ1v) is 14.2. The Morgan fingerprint density at radius 3 is 1.74 bits per heavy atom. The summed E-state index contributed by atoms with van der Waals surface area (Å²) in [7, 11) is 0. The minimum absolute atomic E-state index is 0.581. The lowest BCUT2D eigenvalue weighted by Gasteiger charge is -2.19. The van der Waals surface area contributed by atoms with Crippen molar-refractivity contribution in [2.24, 2.45) is 0 Å².